The lowest BCUT2D eigenvalue weighted by Crippen LogP contribution is -2.19. The van der Waals surface area contributed by atoms with Gasteiger partial charge < -0.3 is 15.6 Å². The monoisotopic (exact) mass is 258 g/mol. The van der Waals surface area contributed by atoms with Crippen LogP contribution in [-0.2, 0) is 6.54 Å². The Bertz CT molecular complexity index is 408. The number of aromatic nitrogens is 1. The van der Waals surface area contributed by atoms with E-state index in [9.17, 15) is 27.1 Å². The van der Waals surface area contributed by atoms with Gasteiger partial charge in [0.25, 0.3) is 6.43 Å². The molecule has 0 aliphatic rings. The number of ether oxygens (including phenoxy) is 1. The van der Waals surface area contributed by atoms with Crippen LogP contribution in [0.4, 0.5) is 22.0 Å². The average molecular weight is 258 g/mol. The van der Waals surface area contributed by atoms with Crippen LogP contribution in [0.1, 0.15) is 17.7 Å². The van der Waals surface area contributed by atoms with Crippen molar-refractivity contribution in [3.8, 4) is 11.6 Å². The van der Waals surface area contributed by atoms with Crippen LogP contribution in [0.5, 0.6) is 11.6 Å². The molecule has 0 aliphatic heterocycles. The normalized spacial score (nSPS) is 11.9. The van der Waals surface area contributed by atoms with Crippen molar-refractivity contribution in [3.63, 3.8) is 0 Å². The second-order valence-corrected chi connectivity index (χ2v) is 2.90. The summed E-state index contributed by atoms with van der Waals surface area (Å²) >= 11 is 0. The molecule has 0 unspecified atom stereocenters. The van der Waals surface area contributed by atoms with E-state index in [4.69, 9.17) is 5.73 Å². The molecule has 0 saturated carbocycles. The number of rotatable bonds is 3. The summed E-state index contributed by atoms with van der Waals surface area (Å²) in [4.78, 5) is 3.17. The minimum Gasteiger partial charge on any atom is -0.505 e. The maximum absolute atomic E-state index is 12.4. The summed E-state index contributed by atoms with van der Waals surface area (Å²) in [6, 6.07) is 0.312. The Hall–Kier alpha value is -1.64. The summed E-state index contributed by atoms with van der Waals surface area (Å²) in [6.07, 6.45) is -8.23. The molecule has 0 atom stereocenters. The van der Waals surface area contributed by atoms with Crippen LogP contribution in [0, 0.1) is 0 Å². The first-order chi connectivity index (χ1) is 7.74. The van der Waals surface area contributed by atoms with E-state index in [1.807, 2.05) is 0 Å². The van der Waals surface area contributed by atoms with Crippen molar-refractivity contribution in [1.82, 2.24) is 4.98 Å². The highest BCUT2D eigenvalue weighted by atomic mass is 19.4. The van der Waals surface area contributed by atoms with Crippen molar-refractivity contribution in [2.45, 2.75) is 19.3 Å². The fraction of sp³-hybridized carbons (Fsp3) is 0.375. The highest BCUT2D eigenvalue weighted by Gasteiger charge is 2.33. The number of alkyl halides is 5. The fourth-order valence-corrected chi connectivity index (χ4v) is 1.07. The van der Waals surface area contributed by atoms with Gasteiger partial charge in [-0.25, -0.2) is 13.8 Å². The van der Waals surface area contributed by atoms with Gasteiger partial charge in [0.05, 0.1) is 5.56 Å². The van der Waals surface area contributed by atoms with Crippen molar-refractivity contribution in [3.05, 3.63) is 17.3 Å². The van der Waals surface area contributed by atoms with Crippen LogP contribution in [0.15, 0.2) is 6.07 Å². The minimum atomic E-state index is -5.06. The van der Waals surface area contributed by atoms with Gasteiger partial charge >= 0.3 is 6.36 Å². The summed E-state index contributed by atoms with van der Waals surface area (Å²) < 4.78 is 63.8. The molecule has 9 heteroatoms. The zero-order valence-electron chi connectivity index (χ0n) is 8.13. The van der Waals surface area contributed by atoms with E-state index in [0.29, 0.717) is 6.07 Å². The molecule has 96 valence electrons. The molecular weight excluding hydrogens is 251 g/mol. The Balaban J connectivity index is 3.21. The van der Waals surface area contributed by atoms with Crippen LogP contribution in [-0.4, -0.2) is 16.5 Å². The van der Waals surface area contributed by atoms with Gasteiger partial charge in [0, 0.05) is 12.6 Å². The highest BCUT2D eigenvalue weighted by molar-refractivity contribution is 5.40. The molecule has 0 bridgehead atoms. The van der Waals surface area contributed by atoms with Gasteiger partial charge in [-0.1, -0.05) is 0 Å². The number of pyridine rings is 1. The second kappa shape index (κ2) is 4.70. The van der Waals surface area contributed by atoms with Gasteiger partial charge in [0.15, 0.2) is 0 Å². The average Bonchev–Trinajstić information content (AvgIpc) is 2.17. The maximum Gasteiger partial charge on any atom is 0.574 e. The third-order valence-electron chi connectivity index (χ3n) is 1.72. The van der Waals surface area contributed by atoms with Gasteiger partial charge in [-0.2, -0.15) is 0 Å². The Morgan fingerprint density at radius 1 is 1.41 bits per heavy atom. The second-order valence-electron chi connectivity index (χ2n) is 2.90. The summed E-state index contributed by atoms with van der Waals surface area (Å²) in [7, 11) is 0. The molecule has 17 heavy (non-hydrogen) atoms. The summed E-state index contributed by atoms with van der Waals surface area (Å²) in [5.74, 6) is -2.02. The lowest BCUT2D eigenvalue weighted by molar-refractivity contribution is -0.276. The number of aromatic hydroxyl groups is 1. The molecule has 1 rings (SSSR count). The highest BCUT2D eigenvalue weighted by Crippen LogP contribution is 2.34. The van der Waals surface area contributed by atoms with Crippen molar-refractivity contribution in [2.75, 3.05) is 0 Å². The van der Waals surface area contributed by atoms with Crippen molar-refractivity contribution in [1.29, 1.82) is 0 Å². The Kier molecular flexibility index (Phi) is 3.71. The molecule has 1 aromatic rings. The van der Waals surface area contributed by atoms with Crippen LogP contribution in [0.25, 0.3) is 0 Å². The lowest BCUT2D eigenvalue weighted by Gasteiger charge is -2.12. The Morgan fingerprint density at radius 2 is 2.00 bits per heavy atom. The summed E-state index contributed by atoms with van der Waals surface area (Å²) in [5.41, 5.74) is 3.54. The predicted octanol–water partition coefficient (Wildman–Crippen LogP) is 2.08. The molecule has 0 spiro atoms. The van der Waals surface area contributed by atoms with Gasteiger partial charge in [0.2, 0.25) is 5.88 Å². The molecule has 1 heterocycles. The number of halogens is 5. The van der Waals surface area contributed by atoms with Crippen molar-refractivity contribution < 1.29 is 31.8 Å². The number of nitrogens with zero attached hydrogens (tertiary/aromatic N) is 1. The minimum absolute atomic E-state index is 0.312. The topological polar surface area (TPSA) is 68.4 Å². The van der Waals surface area contributed by atoms with Gasteiger partial charge in [-0.05, 0) is 0 Å². The smallest absolute Gasteiger partial charge is 0.505 e. The molecule has 0 aromatic carbocycles. The fourth-order valence-electron chi connectivity index (χ4n) is 1.07. The molecular formula is C8H7F5N2O2. The van der Waals surface area contributed by atoms with Crippen molar-refractivity contribution >= 4 is 0 Å². The SMILES string of the molecule is NCc1nc(OC(F)(F)F)cc(C(F)F)c1O. The molecule has 1 aromatic heterocycles. The van der Waals surface area contributed by atoms with Gasteiger partial charge in [0.1, 0.15) is 11.4 Å². The molecule has 0 amide bonds. The quantitative estimate of drug-likeness (QED) is 0.814. The zero-order valence-corrected chi connectivity index (χ0v) is 8.13. The van der Waals surface area contributed by atoms with Gasteiger partial charge in [-0.3, -0.25) is 0 Å². The third kappa shape index (κ3) is 3.41. The number of hydrogen-bond acceptors (Lipinski definition) is 4. The zero-order chi connectivity index (χ0) is 13.2. The first-order valence-electron chi connectivity index (χ1n) is 4.21. The van der Waals surface area contributed by atoms with Crippen LogP contribution >= 0.6 is 0 Å². The third-order valence-corrected chi connectivity index (χ3v) is 1.72. The molecule has 3 N–H and O–H groups in total. The summed E-state index contributed by atoms with van der Waals surface area (Å²) in [5, 5.41) is 9.22. The molecule has 4 nitrogen and oxygen atoms in total. The Morgan fingerprint density at radius 3 is 2.41 bits per heavy atom. The van der Waals surface area contributed by atoms with E-state index in [0.717, 1.165) is 0 Å². The van der Waals surface area contributed by atoms with Crippen molar-refractivity contribution in [2.24, 2.45) is 5.73 Å². The van der Waals surface area contributed by atoms with E-state index in [-0.39, 0.29) is 0 Å². The first kappa shape index (κ1) is 13.4. The predicted molar refractivity (Wildman–Crippen MR) is 45.4 cm³/mol. The Labute approximate surface area is 91.8 Å². The molecule has 0 aliphatic carbocycles. The largest absolute Gasteiger partial charge is 0.574 e. The van der Waals surface area contributed by atoms with Crippen LogP contribution < -0.4 is 10.5 Å². The van der Waals surface area contributed by atoms with E-state index in [2.05, 4.69) is 9.72 Å². The van der Waals surface area contributed by atoms with Crippen LogP contribution in [0.2, 0.25) is 0 Å². The van der Waals surface area contributed by atoms with E-state index >= 15 is 0 Å². The molecule has 0 fully saturated rings. The number of nitrogens with two attached hydrogens (primary N) is 1. The maximum atomic E-state index is 12.4. The van der Waals surface area contributed by atoms with E-state index in [1.54, 1.807) is 0 Å². The first-order valence-corrected chi connectivity index (χ1v) is 4.21. The summed E-state index contributed by atoms with van der Waals surface area (Å²) in [6.45, 7) is -0.499. The van der Waals surface area contributed by atoms with E-state index < -0.39 is 42.2 Å². The van der Waals surface area contributed by atoms with E-state index in [1.165, 1.54) is 0 Å². The standard InChI is InChI=1S/C8H7F5N2O2/c9-7(10)3-1-5(17-8(11,12)13)15-4(2-14)6(3)16/h1,7,16H,2,14H2. The lowest BCUT2D eigenvalue weighted by atomic mass is 10.2. The molecule has 0 radical (unpaired) electrons. The molecule has 0 saturated heterocycles. The van der Waals surface area contributed by atoms with Gasteiger partial charge in [-0.15, -0.1) is 13.2 Å². The van der Waals surface area contributed by atoms with Crippen LogP contribution in [0.3, 0.4) is 0 Å². The number of hydrogen-bond donors (Lipinski definition) is 2.